The molecule has 0 radical (unpaired) electrons. The van der Waals surface area contributed by atoms with Gasteiger partial charge in [0.2, 0.25) is 11.8 Å². The van der Waals surface area contributed by atoms with Crippen LogP contribution in [0.5, 0.6) is 0 Å². The SMILES string of the molecule is CC[C@@H](C)NC(=O)[C@H](C)N(Cc1cccc(C)c1)C(=O)CN(c1cccc(Cl)c1Cl)S(=O)(=O)c1ccccc1. The van der Waals surface area contributed by atoms with Crippen LogP contribution in [0, 0.1) is 6.92 Å². The third kappa shape index (κ3) is 7.53. The molecule has 3 aromatic carbocycles. The number of amides is 2. The molecule has 0 aliphatic carbocycles. The van der Waals surface area contributed by atoms with Crippen molar-refractivity contribution >= 4 is 50.7 Å². The maximum atomic E-state index is 14.0. The fourth-order valence-corrected chi connectivity index (χ4v) is 5.87. The van der Waals surface area contributed by atoms with E-state index in [0.29, 0.717) is 0 Å². The average molecular weight is 591 g/mol. The molecule has 208 valence electrons. The zero-order chi connectivity index (χ0) is 28.7. The minimum Gasteiger partial charge on any atom is -0.352 e. The molecule has 0 spiro atoms. The molecule has 0 aliphatic heterocycles. The Morgan fingerprint density at radius 1 is 0.949 bits per heavy atom. The van der Waals surface area contributed by atoms with Gasteiger partial charge >= 0.3 is 0 Å². The van der Waals surface area contributed by atoms with Gasteiger partial charge in [0.05, 0.1) is 20.6 Å². The fourth-order valence-electron chi connectivity index (χ4n) is 3.97. The van der Waals surface area contributed by atoms with E-state index in [1.54, 1.807) is 31.2 Å². The Bertz CT molecular complexity index is 1420. The molecular weight excluding hydrogens is 557 g/mol. The zero-order valence-corrected chi connectivity index (χ0v) is 24.7. The van der Waals surface area contributed by atoms with Crippen molar-refractivity contribution in [3.05, 3.63) is 94.0 Å². The van der Waals surface area contributed by atoms with Gasteiger partial charge in [-0.05, 0) is 57.0 Å². The van der Waals surface area contributed by atoms with Crippen molar-refractivity contribution in [2.24, 2.45) is 0 Å². The molecule has 39 heavy (non-hydrogen) atoms. The molecule has 0 heterocycles. The summed E-state index contributed by atoms with van der Waals surface area (Å²) < 4.78 is 28.6. The summed E-state index contributed by atoms with van der Waals surface area (Å²) in [6.07, 6.45) is 0.723. The van der Waals surface area contributed by atoms with Crippen molar-refractivity contribution in [2.45, 2.75) is 57.6 Å². The number of halogens is 2. The standard InChI is InChI=1S/C29H33Cl2N3O4S/c1-5-21(3)32-29(36)22(4)33(18-23-12-9-11-20(2)17-23)27(35)19-34(26-16-10-15-25(30)28(26)31)39(37,38)24-13-7-6-8-14-24/h6-17,21-22H,5,18-19H2,1-4H3,(H,32,36)/t21-,22+/m1/s1. The molecule has 0 aromatic heterocycles. The summed E-state index contributed by atoms with van der Waals surface area (Å²) in [5, 5.41) is 3.06. The number of sulfonamides is 1. The highest BCUT2D eigenvalue weighted by Gasteiger charge is 2.33. The number of nitrogens with one attached hydrogen (secondary N) is 1. The van der Waals surface area contributed by atoms with Gasteiger partial charge in [-0.1, -0.05) is 84.2 Å². The lowest BCUT2D eigenvalue weighted by Gasteiger charge is -2.32. The van der Waals surface area contributed by atoms with E-state index in [4.69, 9.17) is 23.2 Å². The van der Waals surface area contributed by atoms with Gasteiger partial charge < -0.3 is 10.2 Å². The lowest BCUT2D eigenvalue weighted by atomic mass is 10.1. The molecule has 10 heteroatoms. The van der Waals surface area contributed by atoms with Crippen LogP contribution in [0.4, 0.5) is 5.69 Å². The Morgan fingerprint density at radius 3 is 2.26 bits per heavy atom. The molecule has 0 saturated carbocycles. The second-order valence-corrected chi connectivity index (χ2v) is 12.0. The topological polar surface area (TPSA) is 86.8 Å². The number of hydrogen-bond acceptors (Lipinski definition) is 4. The molecule has 3 rings (SSSR count). The van der Waals surface area contributed by atoms with Gasteiger partial charge in [0, 0.05) is 12.6 Å². The van der Waals surface area contributed by atoms with Gasteiger partial charge in [0.15, 0.2) is 0 Å². The molecule has 2 amide bonds. The maximum Gasteiger partial charge on any atom is 0.264 e. The van der Waals surface area contributed by atoms with E-state index in [2.05, 4.69) is 5.32 Å². The molecule has 2 atom stereocenters. The van der Waals surface area contributed by atoms with Crippen LogP contribution in [-0.4, -0.2) is 43.8 Å². The van der Waals surface area contributed by atoms with Crippen LogP contribution >= 0.6 is 23.2 Å². The van der Waals surface area contributed by atoms with Crippen molar-refractivity contribution in [3.8, 4) is 0 Å². The average Bonchev–Trinajstić information content (AvgIpc) is 2.92. The van der Waals surface area contributed by atoms with E-state index >= 15 is 0 Å². The van der Waals surface area contributed by atoms with Crippen molar-refractivity contribution in [3.63, 3.8) is 0 Å². The van der Waals surface area contributed by atoms with Crippen molar-refractivity contribution in [1.29, 1.82) is 0 Å². The second-order valence-electron chi connectivity index (χ2n) is 9.40. The number of benzene rings is 3. The number of anilines is 1. The van der Waals surface area contributed by atoms with Crippen LogP contribution in [0.1, 0.15) is 38.3 Å². The van der Waals surface area contributed by atoms with E-state index in [0.717, 1.165) is 21.9 Å². The number of nitrogens with zero attached hydrogens (tertiary/aromatic N) is 2. The van der Waals surface area contributed by atoms with Gasteiger partial charge in [0.1, 0.15) is 12.6 Å². The van der Waals surface area contributed by atoms with Gasteiger partial charge in [-0.3, -0.25) is 13.9 Å². The predicted octanol–water partition coefficient (Wildman–Crippen LogP) is 5.83. The third-order valence-electron chi connectivity index (χ3n) is 6.41. The van der Waals surface area contributed by atoms with Gasteiger partial charge in [0.25, 0.3) is 10.0 Å². The number of hydrogen-bond donors (Lipinski definition) is 1. The monoisotopic (exact) mass is 589 g/mol. The van der Waals surface area contributed by atoms with Crippen LogP contribution in [0.15, 0.2) is 77.7 Å². The lowest BCUT2D eigenvalue weighted by Crippen LogP contribution is -2.52. The van der Waals surface area contributed by atoms with Crippen LogP contribution in [-0.2, 0) is 26.2 Å². The predicted molar refractivity (Wildman–Crippen MR) is 157 cm³/mol. The van der Waals surface area contributed by atoms with E-state index in [1.165, 1.54) is 29.2 Å². The summed E-state index contributed by atoms with van der Waals surface area (Å²) in [6, 6.07) is 19.0. The molecule has 0 saturated heterocycles. The Kier molecular flexibility index (Phi) is 10.4. The fraction of sp³-hybridized carbons (Fsp3) is 0.310. The zero-order valence-electron chi connectivity index (χ0n) is 22.4. The first-order chi connectivity index (χ1) is 18.4. The number of carbonyl (C=O) groups excluding carboxylic acids is 2. The molecular formula is C29H33Cl2N3O4S. The highest BCUT2D eigenvalue weighted by Crippen LogP contribution is 2.35. The minimum atomic E-state index is -4.23. The first-order valence-electron chi connectivity index (χ1n) is 12.6. The number of rotatable bonds is 11. The first kappa shape index (κ1) is 30.5. The van der Waals surface area contributed by atoms with Gasteiger partial charge in [-0.15, -0.1) is 0 Å². The van der Waals surface area contributed by atoms with E-state index in [-0.39, 0.29) is 39.1 Å². The quantitative estimate of drug-likeness (QED) is 0.305. The largest absolute Gasteiger partial charge is 0.352 e. The molecule has 7 nitrogen and oxygen atoms in total. The maximum absolute atomic E-state index is 14.0. The molecule has 1 N–H and O–H groups in total. The number of aryl methyl sites for hydroxylation is 1. The normalized spacial score (nSPS) is 12.9. The highest BCUT2D eigenvalue weighted by atomic mass is 35.5. The smallest absolute Gasteiger partial charge is 0.264 e. The van der Waals surface area contributed by atoms with Crippen molar-refractivity contribution in [1.82, 2.24) is 10.2 Å². The second kappa shape index (κ2) is 13.3. The summed E-state index contributed by atoms with van der Waals surface area (Å²) in [7, 11) is -4.23. The van der Waals surface area contributed by atoms with Crippen molar-refractivity contribution in [2.75, 3.05) is 10.8 Å². The Morgan fingerprint density at radius 2 is 1.62 bits per heavy atom. The molecule has 0 aliphatic rings. The van der Waals surface area contributed by atoms with Crippen LogP contribution in [0.3, 0.4) is 0 Å². The highest BCUT2D eigenvalue weighted by molar-refractivity contribution is 7.92. The van der Waals surface area contributed by atoms with Gasteiger partial charge in [-0.25, -0.2) is 8.42 Å². The summed E-state index contributed by atoms with van der Waals surface area (Å²) in [5.74, 6) is -0.900. The third-order valence-corrected chi connectivity index (χ3v) is 9.00. The van der Waals surface area contributed by atoms with E-state index in [9.17, 15) is 18.0 Å². The Balaban J connectivity index is 2.06. The summed E-state index contributed by atoms with van der Waals surface area (Å²) >= 11 is 12.7. The minimum absolute atomic E-state index is 0.000677. The number of carbonyl (C=O) groups is 2. The van der Waals surface area contributed by atoms with Gasteiger partial charge in [-0.2, -0.15) is 0 Å². The Labute approximate surface area is 240 Å². The van der Waals surface area contributed by atoms with Crippen LogP contribution in [0.25, 0.3) is 0 Å². The first-order valence-corrected chi connectivity index (χ1v) is 14.8. The van der Waals surface area contributed by atoms with Crippen LogP contribution < -0.4 is 9.62 Å². The van der Waals surface area contributed by atoms with E-state index in [1.807, 2.05) is 45.0 Å². The molecule has 3 aromatic rings. The van der Waals surface area contributed by atoms with Crippen molar-refractivity contribution < 1.29 is 18.0 Å². The van der Waals surface area contributed by atoms with E-state index < -0.39 is 28.5 Å². The Hall–Kier alpha value is -3.07. The molecule has 0 fully saturated rings. The van der Waals surface area contributed by atoms with Crippen LogP contribution in [0.2, 0.25) is 10.0 Å². The summed E-state index contributed by atoms with van der Waals surface area (Å²) in [4.78, 5) is 28.4. The molecule has 0 bridgehead atoms. The summed E-state index contributed by atoms with van der Waals surface area (Å²) in [5.41, 5.74) is 1.87. The molecule has 0 unspecified atom stereocenters. The summed E-state index contributed by atoms with van der Waals surface area (Å²) in [6.45, 7) is 6.92. The lowest BCUT2D eigenvalue weighted by molar-refractivity contribution is -0.139.